The monoisotopic (exact) mass is 326 g/mol. The summed E-state index contributed by atoms with van der Waals surface area (Å²) >= 11 is 0. The number of ether oxygens (including phenoxy) is 1. The van der Waals surface area contributed by atoms with Gasteiger partial charge in [0.15, 0.2) is 0 Å². The van der Waals surface area contributed by atoms with Crippen LogP contribution in [0.25, 0.3) is 0 Å². The Morgan fingerprint density at radius 2 is 2.17 bits per heavy atom. The second-order valence-electron chi connectivity index (χ2n) is 5.68. The first-order valence-corrected chi connectivity index (χ1v) is 7.39. The van der Waals surface area contributed by atoms with E-state index in [9.17, 15) is 19.8 Å². The topological polar surface area (TPSA) is 140 Å². The molecule has 5 N–H and O–H groups in total. The molecule has 0 unspecified atom stereocenters. The normalized spacial score (nSPS) is 27.6. The van der Waals surface area contributed by atoms with E-state index in [1.807, 2.05) is 0 Å². The molecule has 9 heteroatoms. The predicted octanol–water partition coefficient (Wildman–Crippen LogP) is -1.99. The number of aliphatic hydroxyl groups is 2. The van der Waals surface area contributed by atoms with Crippen LogP contribution in [-0.2, 0) is 21.4 Å². The van der Waals surface area contributed by atoms with Crippen LogP contribution in [0, 0.1) is 0 Å². The van der Waals surface area contributed by atoms with E-state index in [2.05, 4.69) is 10.4 Å². The second kappa shape index (κ2) is 7.53. The van der Waals surface area contributed by atoms with Crippen LogP contribution in [0.15, 0.2) is 12.4 Å². The fourth-order valence-electron chi connectivity index (χ4n) is 2.53. The highest BCUT2D eigenvalue weighted by atomic mass is 16.5. The third kappa shape index (κ3) is 4.50. The van der Waals surface area contributed by atoms with Crippen molar-refractivity contribution in [2.24, 2.45) is 12.8 Å². The Bertz CT molecular complexity index is 561. The van der Waals surface area contributed by atoms with Gasteiger partial charge in [0.2, 0.25) is 11.8 Å². The summed E-state index contributed by atoms with van der Waals surface area (Å²) in [5.74, 6) is -1.28. The third-order valence-corrected chi connectivity index (χ3v) is 3.88. The fraction of sp³-hybridized carbons (Fsp3) is 0.643. The molecule has 9 nitrogen and oxygen atoms in total. The Morgan fingerprint density at radius 1 is 1.43 bits per heavy atom. The van der Waals surface area contributed by atoms with Crippen LogP contribution in [-0.4, -0.2) is 63.3 Å². The zero-order valence-electron chi connectivity index (χ0n) is 12.9. The molecule has 0 aromatic carbocycles. The standard InChI is InChI=1S/C14H22N4O5/c1-18-6-8(4-17-18)9-7-23-10(14(22)13(9)21)5-16-12(20)3-2-11(15)19/h4,6,9-10,13-14,21-22H,2-3,5,7H2,1H3,(H2,15,19)(H,16,20)/t9-,10+,13+,14-/m0/s1. The summed E-state index contributed by atoms with van der Waals surface area (Å²) in [6, 6.07) is 0. The van der Waals surface area contributed by atoms with Crippen molar-refractivity contribution in [3.63, 3.8) is 0 Å². The summed E-state index contributed by atoms with van der Waals surface area (Å²) < 4.78 is 7.17. The molecule has 2 amide bonds. The molecule has 0 bridgehead atoms. The number of hydrogen-bond acceptors (Lipinski definition) is 6. The smallest absolute Gasteiger partial charge is 0.220 e. The molecule has 0 radical (unpaired) electrons. The Kier molecular flexibility index (Phi) is 5.69. The molecule has 0 saturated carbocycles. The number of nitrogens with two attached hydrogens (primary N) is 1. The minimum absolute atomic E-state index is 0.0149. The summed E-state index contributed by atoms with van der Waals surface area (Å²) in [7, 11) is 1.76. The highest BCUT2D eigenvalue weighted by Gasteiger charge is 2.39. The average Bonchev–Trinajstić information content (AvgIpc) is 2.93. The van der Waals surface area contributed by atoms with Crippen molar-refractivity contribution >= 4 is 11.8 Å². The third-order valence-electron chi connectivity index (χ3n) is 3.88. The molecule has 1 aromatic heterocycles. The lowest BCUT2D eigenvalue weighted by atomic mass is 9.88. The van der Waals surface area contributed by atoms with Gasteiger partial charge < -0.3 is 26.0 Å². The first-order valence-electron chi connectivity index (χ1n) is 7.39. The van der Waals surface area contributed by atoms with Crippen LogP contribution in [0.4, 0.5) is 0 Å². The quantitative estimate of drug-likeness (QED) is 0.477. The van der Waals surface area contributed by atoms with Crippen molar-refractivity contribution in [2.75, 3.05) is 13.2 Å². The second-order valence-corrected chi connectivity index (χ2v) is 5.68. The first-order chi connectivity index (χ1) is 10.9. The molecule has 1 saturated heterocycles. The summed E-state index contributed by atoms with van der Waals surface area (Å²) in [4.78, 5) is 22.2. The van der Waals surface area contributed by atoms with E-state index in [0.717, 1.165) is 5.56 Å². The predicted molar refractivity (Wildman–Crippen MR) is 79.1 cm³/mol. The summed E-state index contributed by atoms with van der Waals surface area (Å²) in [5.41, 5.74) is 5.75. The van der Waals surface area contributed by atoms with E-state index in [-0.39, 0.29) is 37.8 Å². The molecule has 128 valence electrons. The lowest BCUT2D eigenvalue weighted by molar-refractivity contribution is -0.147. The van der Waals surface area contributed by atoms with Crippen molar-refractivity contribution in [1.29, 1.82) is 0 Å². The number of carbonyl (C=O) groups is 2. The van der Waals surface area contributed by atoms with Crippen LogP contribution in [0.3, 0.4) is 0 Å². The maximum Gasteiger partial charge on any atom is 0.220 e. The largest absolute Gasteiger partial charge is 0.390 e. The molecule has 1 aliphatic heterocycles. The van der Waals surface area contributed by atoms with E-state index in [1.54, 1.807) is 24.1 Å². The highest BCUT2D eigenvalue weighted by molar-refractivity contribution is 5.82. The van der Waals surface area contributed by atoms with Crippen LogP contribution in [0.5, 0.6) is 0 Å². The SMILES string of the molecule is Cn1cc([C@@H]2CO[C@H](CNC(=O)CCC(N)=O)[C@H](O)[C@@H]2O)cn1. The highest BCUT2D eigenvalue weighted by Crippen LogP contribution is 2.28. The van der Waals surface area contributed by atoms with Gasteiger partial charge in [0.25, 0.3) is 0 Å². The van der Waals surface area contributed by atoms with Crippen molar-refractivity contribution < 1.29 is 24.5 Å². The first kappa shape index (κ1) is 17.4. The number of aryl methyl sites for hydroxylation is 1. The molecule has 4 atom stereocenters. The van der Waals surface area contributed by atoms with Gasteiger partial charge in [0.05, 0.1) is 18.9 Å². The zero-order valence-corrected chi connectivity index (χ0v) is 12.9. The van der Waals surface area contributed by atoms with Gasteiger partial charge in [-0.05, 0) is 5.56 Å². The van der Waals surface area contributed by atoms with E-state index in [0.29, 0.717) is 0 Å². The van der Waals surface area contributed by atoms with Gasteiger partial charge in [-0.15, -0.1) is 0 Å². The van der Waals surface area contributed by atoms with Crippen LogP contribution >= 0.6 is 0 Å². The van der Waals surface area contributed by atoms with Crippen molar-refractivity contribution in [3.05, 3.63) is 18.0 Å². The number of rotatable bonds is 6. The van der Waals surface area contributed by atoms with E-state index in [4.69, 9.17) is 10.5 Å². The number of nitrogens with zero attached hydrogens (tertiary/aromatic N) is 2. The lowest BCUT2D eigenvalue weighted by Crippen LogP contribution is -2.53. The molecule has 1 aliphatic rings. The molecule has 0 aliphatic carbocycles. The lowest BCUT2D eigenvalue weighted by Gasteiger charge is -2.37. The molecule has 23 heavy (non-hydrogen) atoms. The molecular formula is C14H22N4O5. The number of aromatic nitrogens is 2. The van der Waals surface area contributed by atoms with Gasteiger partial charge in [-0.3, -0.25) is 14.3 Å². The molecule has 0 spiro atoms. The van der Waals surface area contributed by atoms with Crippen LogP contribution in [0.1, 0.15) is 24.3 Å². The number of hydrogen-bond donors (Lipinski definition) is 4. The number of aliphatic hydroxyl groups excluding tert-OH is 2. The van der Waals surface area contributed by atoms with Crippen LogP contribution in [0.2, 0.25) is 0 Å². The van der Waals surface area contributed by atoms with Crippen molar-refractivity contribution in [3.8, 4) is 0 Å². The zero-order chi connectivity index (χ0) is 17.0. The number of primary amides is 1. The molecule has 1 aromatic rings. The fourth-order valence-corrected chi connectivity index (χ4v) is 2.53. The summed E-state index contributed by atoms with van der Waals surface area (Å²) in [5, 5.41) is 27.0. The van der Waals surface area contributed by atoms with Gasteiger partial charge in [-0.2, -0.15) is 5.10 Å². The molecule has 2 rings (SSSR count). The number of carbonyl (C=O) groups excluding carboxylic acids is 2. The summed E-state index contributed by atoms with van der Waals surface area (Å²) in [6.07, 6.45) is 0.470. The minimum atomic E-state index is -1.13. The van der Waals surface area contributed by atoms with Gasteiger partial charge in [-0.1, -0.05) is 0 Å². The molecule has 1 fully saturated rings. The molecule has 2 heterocycles. The van der Waals surface area contributed by atoms with E-state index in [1.165, 1.54) is 0 Å². The maximum atomic E-state index is 11.5. The van der Waals surface area contributed by atoms with Gasteiger partial charge in [0.1, 0.15) is 12.2 Å². The summed E-state index contributed by atoms with van der Waals surface area (Å²) in [6.45, 7) is 0.265. The number of nitrogens with one attached hydrogen (secondary N) is 1. The number of amides is 2. The van der Waals surface area contributed by atoms with Gasteiger partial charge >= 0.3 is 0 Å². The van der Waals surface area contributed by atoms with E-state index < -0.39 is 24.2 Å². The Balaban J connectivity index is 1.85. The average molecular weight is 326 g/mol. The minimum Gasteiger partial charge on any atom is -0.390 e. The Morgan fingerprint density at radius 3 is 2.78 bits per heavy atom. The Hall–Kier alpha value is -1.97. The van der Waals surface area contributed by atoms with Crippen molar-refractivity contribution in [2.45, 2.75) is 37.1 Å². The van der Waals surface area contributed by atoms with Gasteiger partial charge in [0, 0.05) is 38.5 Å². The van der Waals surface area contributed by atoms with Gasteiger partial charge in [-0.25, -0.2) is 0 Å². The molecular weight excluding hydrogens is 304 g/mol. The maximum absolute atomic E-state index is 11.5. The van der Waals surface area contributed by atoms with Crippen molar-refractivity contribution in [1.82, 2.24) is 15.1 Å². The van der Waals surface area contributed by atoms with Crippen LogP contribution < -0.4 is 11.1 Å². The van der Waals surface area contributed by atoms with E-state index >= 15 is 0 Å². The Labute approximate surface area is 133 Å².